The lowest BCUT2D eigenvalue weighted by molar-refractivity contribution is -0.143. The number of aliphatic hydroxyl groups is 1. The predicted octanol–water partition coefficient (Wildman–Crippen LogP) is 4.06. The van der Waals surface area contributed by atoms with E-state index in [0.29, 0.717) is 25.2 Å². The summed E-state index contributed by atoms with van der Waals surface area (Å²) in [5, 5.41) is 15.2. The van der Waals surface area contributed by atoms with Gasteiger partial charge < -0.3 is 15.7 Å². The molecule has 0 bridgehead atoms. The molecule has 3 atom stereocenters. The SMILES string of the molecule is CC[C@@H](Nc1nc(N[C@@H](C)C2CC2)nc(C2=C(F)C(O)CCC2)n1)C(F)(F)F. The van der Waals surface area contributed by atoms with Crippen molar-refractivity contribution in [3.63, 3.8) is 0 Å². The normalized spacial score (nSPS) is 22.8. The monoisotopic (exact) mass is 403 g/mol. The van der Waals surface area contributed by atoms with E-state index >= 15 is 0 Å². The van der Waals surface area contributed by atoms with Crippen molar-refractivity contribution in [2.24, 2.45) is 5.92 Å². The molecule has 0 aliphatic heterocycles. The van der Waals surface area contributed by atoms with Gasteiger partial charge >= 0.3 is 6.18 Å². The van der Waals surface area contributed by atoms with Crippen LogP contribution in [0.15, 0.2) is 5.83 Å². The number of aromatic nitrogens is 3. The van der Waals surface area contributed by atoms with Crippen molar-refractivity contribution in [3.8, 4) is 0 Å². The van der Waals surface area contributed by atoms with Gasteiger partial charge in [0.05, 0.1) is 0 Å². The van der Waals surface area contributed by atoms with E-state index in [2.05, 4.69) is 25.6 Å². The molecule has 1 saturated carbocycles. The molecule has 2 aliphatic rings. The van der Waals surface area contributed by atoms with Crippen LogP contribution in [0.2, 0.25) is 0 Å². The predicted molar refractivity (Wildman–Crippen MR) is 97.3 cm³/mol. The Labute approximate surface area is 160 Å². The summed E-state index contributed by atoms with van der Waals surface area (Å²) >= 11 is 0. The minimum absolute atomic E-state index is 0.0449. The zero-order valence-corrected chi connectivity index (χ0v) is 15.9. The molecular weight excluding hydrogens is 378 g/mol. The molecule has 2 aliphatic carbocycles. The van der Waals surface area contributed by atoms with Gasteiger partial charge in [0, 0.05) is 11.6 Å². The van der Waals surface area contributed by atoms with E-state index in [9.17, 15) is 22.7 Å². The number of alkyl halides is 3. The summed E-state index contributed by atoms with van der Waals surface area (Å²) in [6, 6.07) is -1.78. The maximum Gasteiger partial charge on any atom is 0.408 e. The average molecular weight is 403 g/mol. The lowest BCUT2D eigenvalue weighted by atomic mass is 9.96. The van der Waals surface area contributed by atoms with Gasteiger partial charge in [-0.15, -0.1) is 0 Å². The maximum atomic E-state index is 14.4. The smallest absolute Gasteiger partial charge is 0.386 e. The Kier molecular flexibility index (Phi) is 6.07. The van der Waals surface area contributed by atoms with Gasteiger partial charge in [0.15, 0.2) is 5.82 Å². The topological polar surface area (TPSA) is 83.0 Å². The Morgan fingerprint density at radius 1 is 1.11 bits per heavy atom. The van der Waals surface area contributed by atoms with E-state index < -0.39 is 24.1 Å². The molecule has 6 nitrogen and oxygen atoms in total. The number of hydrogen-bond acceptors (Lipinski definition) is 6. The number of anilines is 2. The standard InChI is InChI=1S/C18H25F4N5O/c1-3-13(18(20,21)22)24-17-26-15(11-5-4-6-12(28)14(11)19)25-16(27-17)23-9(2)10-7-8-10/h9-10,12-13,28H,3-8H2,1-2H3,(H2,23,24,25,26,27)/t9-,12?,13+/m0/s1. The van der Waals surface area contributed by atoms with E-state index in [1.807, 2.05) is 6.92 Å². The first kappa shape index (κ1) is 20.8. The Morgan fingerprint density at radius 3 is 2.32 bits per heavy atom. The first-order valence-electron chi connectivity index (χ1n) is 9.61. The highest BCUT2D eigenvalue weighted by Crippen LogP contribution is 2.35. The van der Waals surface area contributed by atoms with Gasteiger partial charge in [-0.25, -0.2) is 4.39 Å². The van der Waals surface area contributed by atoms with E-state index in [1.54, 1.807) is 0 Å². The minimum atomic E-state index is -4.47. The van der Waals surface area contributed by atoms with E-state index in [0.717, 1.165) is 12.8 Å². The van der Waals surface area contributed by atoms with Crippen molar-refractivity contribution in [1.29, 1.82) is 0 Å². The first-order chi connectivity index (χ1) is 13.2. The van der Waals surface area contributed by atoms with Crippen LogP contribution in [-0.4, -0.2) is 44.4 Å². The summed E-state index contributed by atoms with van der Waals surface area (Å²) < 4.78 is 53.9. The van der Waals surface area contributed by atoms with Crippen molar-refractivity contribution < 1.29 is 22.7 Å². The molecule has 28 heavy (non-hydrogen) atoms. The zero-order valence-electron chi connectivity index (χ0n) is 15.9. The summed E-state index contributed by atoms with van der Waals surface area (Å²) in [5.41, 5.74) is 0.117. The van der Waals surface area contributed by atoms with Crippen LogP contribution >= 0.6 is 0 Å². The third-order valence-corrected chi connectivity index (χ3v) is 5.18. The van der Waals surface area contributed by atoms with Crippen molar-refractivity contribution in [2.75, 3.05) is 10.6 Å². The largest absolute Gasteiger partial charge is 0.408 e. The van der Waals surface area contributed by atoms with Crippen molar-refractivity contribution >= 4 is 17.5 Å². The second-order valence-electron chi connectivity index (χ2n) is 7.46. The fraction of sp³-hybridized carbons (Fsp3) is 0.722. The second kappa shape index (κ2) is 8.18. The lowest BCUT2D eigenvalue weighted by Gasteiger charge is -2.22. The summed E-state index contributed by atoms with van der Waals surface area (Å²) in [6.45, 7) is 3.35. The molecule has 156 valence electrons. The molecule has 1 fully saturated rings. The number of aliphatic hydroxyl groups excluding tert-OH is 1. The Morgan fingerprint density at radius 2 is 1.75 bits per heavy atom. The van der Waals surface area contributed by atoms with E-state index in [1.165, 1.54) is 6.92 Å². The number of allylic oxidation sites excluding steroid dienone is 1. The minimum Gasteiger partial charge on any atom is -0.386 e. The van der Waals surface area contributed by atoms with Gasteiger partial charge in [0.1, 0.15) is 18.0 Å². The Balaban J connectivity index is 1.95. The highest BCUT2D eigenvalue weighted by molar-refractivity contribution is 5.65. The summed E-state index contributed by atoms with van der Waals surface area (Å²) in [6.07, 6.45) is -2.65. The number of nitrogens with one attached hydrogen (secondary N) is 2. The van der Waals surface area contributed by atoms with Crippen molar-refractivity contribution in [1.82, 2.24) is 15.0 Å². The average Bonchev–Trinajstić information content (AvgIpc) is 3.46. The third-order valence-electron chi connectivity index (χ3n) is 5.18. The van der Waals surface area contributed by atoms with Crippen molar-refractivity contribution in [3.05, 3.63) is 11.7 Å². The molecule has 1 aromatic heterocycles. The van der Waals surface area contributed by atoms with E-state index in [4.69, 9.17) is 0 Å². The molecule has 0 amide bonds. The van der Waals surface area contributed by atoms with Gasteiger partial charge in [-0.2, -0.15) is 28.1 Å². The van der Waals surface area contributed by atoms with Gasteiger partial charge in [-0.1, -0.05) is 6.92 Å². The number of nitrogens with zero attached hydrogens (tertiary/aromatic N) is 3. The van der Waals surface area contributed by atoms with E-state index in [-0.39, 0.29) is 35.8 Å². The fourth-order valence-corrected chi connectivity index (χ4v) is 3.27. The van der Waals surface area contributed by atoms with Gasteiger partial charge in [0.2, 0.25) is 11.9 Å². The highest BCUT2D eigenvalue weighted by atomic mass is 19.4. The fourth-order valence-electron chi connectivity index (χ4n) is 3.27. The number of rotatable bonds is 7. The summed E-state index contributed by atoms with van der Waals surface area (Å²) in [4.78, 5) is 12.3. The van der Waals surface area contributed by atoms with Crippen LogP contribution in [0, 0.1) is 5.92 Å². The van der Waals surface area contributed by atoms with Crippen molar-refractivity contribution in [2.45, 2.75) is 76.7 Å². The molecule has 3 N–H and O–H groups in total. The van der Waals surface area contributed by atoms with Gasteiger partial charge in [-0.05, 0) is 51.4 Å². The third kappa shape index (κ3) is 4.89. The molecular formula is C18H25F4N5O. The zero-order chi connectivity index (χ0) is 20.5. The molecule has 1 heterocycles. The molecule has 10 heteroatoms. The molecule has 1 aromatic rings. The van der Waals surface area contributed by atoms with Crippen LogP contribution in [0.25, 0.3) is 5.57 Å². The first-order valence-corrected chi connectivity index (χ1v) is 9.61. The summed E-state index contributed by atoms with van der Waals surface area (Å²) in [5.74, 6) is -0.476. The molecule has 0 aromatic carbocycles. The van der Waals surface area contributed by atoms with Gasteiger partial charge in [-0.3, -0.25) is 0 Å². The highest BCUT2D eigenvalue weighted by Gasteiger charge is 2.39. The second-order valence-corrected chi connectivity index (χ2v) is 7.46. The van der Waals surface area contributed by atoms with Crippen LogP contribution in [0.3, 0.4) is 0 Å². The number of halogens is 4. The molecule has 0 spiro atoms. The molecule has 0 saturated heterocycles. The molecule has 3 rings (SSSR count). The Hall–Kier alpha value is -1.97. The van der Waals surface area contributed by atoms with Crippen LogP contribution in [0.5, 0.6) is 0 Å². The summed E-state index contributed by atoms with van der Waals surface area (Å²) in [7, 11) is 0. The number of hydrogen-bond donors (Lipinski definition) is 3. The maximum absolute atomic E-state index is 14.4. The molecule has 1 unspecified atom stereocenters. The lowest BCUT2D eigenvalue weighted by Crippen LogP contribution is -2.36. The van der Waals surface area contributed by atoms with Crippen LogP contribution in [-0.2, 0) is 0 Å². The Bertz CT molecular complexity index is 735. The molecule has 0 radical (unpaired) electrons. The van der Waals surface area contributed by atoms with Crippen LogP contribution < -0.4 is 10.6 Å². The van der Waals surface area contributed by atoms with Crippen LogP contribution in [0.4, 0.5) is 29.5 Å². The van der Waals surface area contributed by atoms with Gasteiger partial charge in [0.25, 0.3) is 0 Å². The quantitative estimate of drug-likeness (QED) is 0.596. The van der Waals surface area contributed by atoms with Crippen LogP contribution in [0.1, 0.15) is 58.2 Å².